The lowest BCUT2D eigenvalue weighted by molar-refractivity contribution is 0.0954. The number of amides is 1. The third-order valence-electron chi connectivity index (χ3n) is 3.60. The molecule has 0 aliphatic carbocycles. The van der Waals surface area contributed by atoms with E-state index in [1.807, 2.05) is 24.3 Å². The largest absolute Gasteiger partial charge is 0.504 e. The SMILES string of the molecule is Cc1nc2ccccc2cc1C(=O)NN=Cc1cc(O)c(O)c(Br)c1. The Kier molecular flexibility index (Phi) is 4.67. The maximum absolute atomic E-state index is 12.3. The van der Waals surface area contributed by atoms with Crippen molar-refractivity contribution in [2.45, 2.75) is 6.92 Å². The maximum Gasteiger partial charge on any atom is 0.273 e. The molecule has 0 radical (unpaired) electrons. The summed E-state index contributed by atoms with van der Waals surface area (Å²) in [6, 6.07) is 12.2. The van der Waals surface area contributed by atoms with Crippen molar-refractivity contribution >= 4 is 39.0 Å². The standard InChI is InChI=1S/C18H14BrN3O3/c1-10-13(8-12-4-2-3-5-15(12)21-10)18(25)22-20-9-11-6-14(19)17(24)16(23)7-11/h2-9,23-24H,1H3,(H,22,25). The van der Waals surface area contributed by atoms with E-state index >= 15 is 0 Å². The first-order valence-electron chi connectivity index (χ1n) is 7.37. The third-order valence-corrected chi connectivity index (χ3v) is 4.21. The highest BCUT2D eigenvalue weighted by atomic mass is 79.9. The molecule has 3 rings (SSSR count). The van der Waals surface area contributed by atoms with Crippen LogP contribution in [0.15, 0.2) is 52.0 Å². The Morgan fingerprint density at radius 3 is 2.76 bits per heavy atom. The first kappa shape index (κ1) is 16.9. The predicted molar refractivity (Wildman–Crippen MR) is 99.0 cm³/mol. The average molecular weight is 400 g/mol. The van der Waals surface area contributed by atoms with Crippen molar-refractivity contribution < 1.29 is 15.0 Å². The van der Waals surface area contributed by atoms with Gasteiger partial charge in [-0.15, -0.1) is 0 Å². The minimum Gasteiger partial charge on any atom is -0.504 e. The van der Waals surface area contributed by atoms with Crippen LogP contribution in [0.2, 0.25) is 0 Å². The van der Waals surface area contributed by atoms with E-state index in [9.17, 15) is 15.0 Å². The summed E-state index contributed by atoms with van der Waals surface area (Å²) < 4.78 is 0.329. The molecule has 0 saturated heterocycles. The van der Waals surface area contributed by atoms with Crippen LogP contribution in [-0.4, -0.2) is 27.3 Å². The molecule has 0 fully saturated rings. The van der Waals surface area contributed by atoms with Gasteiger partial charge in [0.15, 0.2) is 11.5 Å². The molecule has 0 unspecified atom stereocenters. The fourth-order valence-corrected chi connectivity index (χ4v) is 2.81. The number of carbonyl (C=O) groups is 1. The van der Waals surface area contributed by atoms with Crippen molar-refractivity contribution in [3.05, 3.63) is 63.8 Å². The van der Waals surface area contributed by atoms with Crippen LogP contribution in [0.5, 0.6) is 11.5 Å². The topological polar surface area (TPSA) is 94.8 Å². The Hall–Kier alpha value is -2.93. The summed E-state index contributed by atoms with van der Waals surface area (Å²) in [5.41, 5.74) is 4.81. The number of carbonyl (C=O) groups excluding carboxylic acids is 1. The van der Waals surface area contributed by atoms with Gasteiger partial charge in [-0.05, 0) is 52.7 Å². The van der Waals surface area contributed by atoms with Crippen LogP contribution in [0.1, 0.15) is 21.6 Å². The Bertz CT molecular complexity index is 979. The molecular formula is C18H14BrN3O3. The lowest BCUT2D eigenvalue weighted by atomic mass is 10.1. The van der Waals surface area contributed by atoms with Crippen molar-refractivity contribution in [1.82, 2.24) is 10.4 Å². The maximum atomic E-state index is 12.3. The summed E-state index contributed by atoms with van der Waals surface area (Å²) in [6.07, 6.45) is 1.37. The van der Waals surface area contributed by atoms with E-state index in [1.165, 1.54) is 12.3 Å². The van der Waals surface area contributed by atoms with E-state index in [2.05, 4.69) is 31.4 Å². The first-order valence-corrected chi connectivity index (χ1v) is 8.16. The second kappa shape index (κ2) is 6.90. The molecule has 0 aliphatic rings. The van der Waals surface area contributed by atoms with E-state index in [-0.39, 0.29) is 17.4 Å². The van der Waals surface area contributed by atoms with Gasteiger partial charge in [0.1, 0.15) is 0 Å². The van der Waals surface area contributed by atoms with Crippen molar-refractivity contribution in [2.24, 2.45) is 5.10 Å². The summed E-state index contributed by atoms with van der Waals surface area (Å²) >= 11 is 3.12. The van der Waals surface area contributed by atoms with Crippen LogP contribution < -0.4 is 5.43 Å². The van der Waals surface area contributed by atoms with Crippen molar-refractivity contribution in [3.8, 4) is 11.5 Å². The third kappa shape index (κ3) is 3.61. The number of benzene rings is 2. The minimum absolute atomic E-state index is 0.251. The number of rotatable bonds is 3. The molecule has 0 bridgehead atoms. The minimum atomic E-state index is -0.380. The molecule has 0 spiro atoms. The highest BCUT2D eigenvalue weighted by molar-refractivity contribution is 9.10. The molecule has 25 heavy (non-hydrogen) atoms. The van der Waals surface area contributed by atoms with Crippen molar-refractivity contribution in [2.75, 3.05) is 0 Å². The monoisotopic (exact) mass is 399 g/mol. The number of phenols is 2. The zero-order valence-corrected chi connectivity index (χ0v) is 14.8. The predicted octanol–water partition coefficient (Wildman–Crippen LogP) is 3.48. The van der Waals surface area contributed by atoms with Gasteiger partial charge in [-0.1, -0.05) is 18.2 Å². The highest BCUT2D eigenvalue weighted by Gasteiger charge is 2.11. The van der Waals surface area contributed by atoms with Gasteiger partial charge >= 0.3 is 0 Å². The van der Waals surface area contributed by atoms with Crippen molar-refractivity contribution in [3.63, 3.8) is 0 Å². The first-order chi connectivity index (χ1) is 12.0. The summed E-state index contributed by atoms with van der Waals surface area (Å²) in [5, 5.41) is 23.8. The smallest absolute Gasteiger partial charge is 0.273 e. The number of hydrogen-bond donors (Lipinski definition) is 3. The second-order valence-electron chi connectivity index (χ2n) is 5.38. The van der Waals surface area contributed by atoms with Gasteiger partial charge in [0.05, 0.1) is 27.5 Å². The number of nitrogens with one attached hydrogen (secondary N) is 1. The number of para-hydroxylation sites is 1. The van der Waals surface area contributed by atoms with Gasteiger partial charge in [0.2, 0.25) is 0 Å². The molecule has 0 atom stereocenters. The van der Waals surface area contributed by atoms with Crippen molar-refractivity contribution in [1.29, 1.82) is 0 Å². The summed E-state index contributed by atoms with van der Waals surface area (Å²) in [5.74, 6) is -0.912. The van der Waals surface area contributed by atoms with Crippen LogP contribution in [0, 0.1) is 6.92 Å². The molecule has 0 aliphatic heterocycles. The molecule has 2 aromatic carbocycles. The number of pyridine rings is 1. The summed E-state index contributed by atoms with van der Waals surface area (Å²) in [7, 11) is 0. The molecule has 1 aromatic heterocycles. The Morgan fingerprint density at radius 2 is 2.00 bits per heavy atom. The van der Waals surface area contributed by atoms with Gasteiger partial charge in [-0.25, -0.2) is 5.43 Å². The molecule has 6 nitrogen and oxygen atoms in total. The zero-order chi connectivity index (χ0) is 18.0. The number of aromatic hydroxyl groups is 2. The molecule has 1 amide bonds. The number of halogens is 1. The fraction of sp³-hybridized carbons (Fsp3) is 0.0556. The van der Waals surface area contributed by atoms with Gasteiger partial charge < -0.3 is 10.2 Å². The van der Waals surface area contributed by atoms with E-state index in [0.717, 1.165) is 10.9 Å². The molecule has 3 N–H and O–H groups in total. The van der Waals surface area contributed by atoms with Crippen LogP contribution in [-0.2, 0) is 0 Å². The number of aryl methyl sites for hydroxylation is 1. The van der Waals surface area contributed by atoms with Gasteiger partial charge in [-0.2, -0.15) is 5.10 Å². The van der Waals surface area contributed by atoms with E-state index in [4.69, 9.17) is 0 Å². The lowest BCUT2D eigenvalue weighted by Crippen LogP contribution is -2.19. The summed E-state index contributed by atoms with van der Waals surface area (Å²) in [6.45, 7) is 1.76. The number of nitrogens with zero attached hydrogens (tertiary/aromatic N) is 2. The quantitative estimate of drug-likeness (QED) is 0.357. The lowest BCUT2D eigenvalue weighted by Gasteiger charge is -2.06. The van der Waals surface area contributed by atoms with Gasteiger partial charge in [0, 0.05) is 5.39 Å². The number of fused-ring (bicyclic) bond motifs is 1. The molecule has 1 heterocycles. The molecule has 126 valence electrons. The Balaban J connectivity index is 1.80. The number of aromatic nitrogens is 1. The fourth-order valence-electron chi connectivity index (χ4n) is 2.35. The summed E-state index contributed by atoms with van der Waals surface area (Å²) in [4.78, 5) is 16.7. The van der Waals surface area contributed by atoms with Crippen LogP contribution in [0.3, 0.4) is 0 Å². The Labute approximate surface area is 152 Å². The normalized spacial score (nSPS) is 11.1. The number of hydrogen-bond acceptors (Lipinski definition) is 5. The molecular weight excluding hydrogens is 386 g/mol. The van der Waals surface area contributed by atoms with E-state index in [1.54, 1.807) is 19.1 Å². The Morgan fingerprint density at radius 1 is 1.24 bits per heavy atom. The van der Waals surface area contributed by atoms with E-state index in [0.29, 0.717) is 21.3 Å². The molecule has 0 saturated carbocycles. The van der Waals surface area contributed by atoms with Crippen LogP contribution in [0.4, 0.5) is 0 Å². The highest BCUT2D eigenvalue weighted by Crippen LogP contribution is 2.33. The molecule has 3 aromatic rings. The van der Waals surface area contributed by atoms with Crippen LogP contribution >= 0.6 is 15.9 Å². The van der Waals surface area contributed by atoms with Gasteiger partial charge in [0.25, 0.3) is 5.91 Å². The zero-order valence-electron chi connectivity index (χ0n) is 13.2. The van der Waals surface area contributed by atoms with Gasteiger partial charge in [-0.3, -0.25) is 9.78 Å². The van der Waals surface area contributed by atoms with E-state index < -0.39 is 0 Å². The average Bonchev–Trinajstić information content (AvgIpc) is 2.58. The number of hydrazone groups is 1. The number of phenolic OH excluding ortho intramolecular Hbond substituents is 2. The molecule has 7 heteroatoms. The van der Waals surface area contributed by atoms with Crippen LogP contribution in [0.25, 0.3) is 10.9 Å². The second-order valence-corrected chi connectivity index (χ2v) is 6.24.